The van der Waals surface area contributed by atoms with Crippen LogP contribution in [0.1, 0.15) is 46.6 Å². The van der Waals surface area contributed by atoms with Crippen LogP contribution in [-0.2, 0) is 35.0 Å². The summed E-state index contributed by atoms with van der Waals surface area (Å²) in [7, 11) is 0. The van der Waals surface area contributed by atoms with Gasteiger partial charge in [0.1, 0.15) is 23.2 Å². The minimum atomic E-state index is -1.82. The Labute approximate surface area is 240 Å². The van der Waals surface area contributed by atoms with Crippen molar-refractivity contribution in [3.63, 3.8) is 0 Å². The number of thiocarbonyl (C=S) groups is 1. The Bertz CT molecular complexity index is 1280. The number of fused-ring (bicyclic) bond motifs is 2. The number of esters is 1. The minimum absolute atomic E-state index is 0.0169. The number of carbonyl (C=O) groups is 3. The molecule has 1 amide bonds. The maximum Gasteiger partial charge on any atom is 0.353 e. The van der Waals surface area contributed by atoms with Gasteiger partial charge >= 0.3 is 11.2 Å². The first-order valence-electron chi connectivity index (χ1n) is 13.9. The van der Waals surface area contributed by atoms with E-state index in [2.05, 4.69) is 5.32 Å². The fourth-order valence-electron chi connectivity index (χ4n) is 7.56. The molecule has 1 saturated carbocycles. The number of rotatable bonds is 3. The largest absolute Gasteiger partial charge is 0.457 e. The van der Waals surface area contributed by atoms with Crippen LogP contribution in [-0.4, -0.2) is 57.5 Å². The quantitative estimate of drug-likeness (QED) is 0.325. The van der Waals surface area contributed by atoms with Crippen molar-refractivity contribution in [1.82, 2.24) is 5.32 Å². The summed E-state index contributed by atoms with van der Waals surface area (Å²) >= 11 is 5.39. The van der Waals surface area contributed by atoms with E-state index in [9.17, 15) is 19.5 Å². The van der Waals surface area contributed by atoms with E-state index in [0.29, 0.717) is 12.8 Å². The lowest BCUT2D eigenvalue weighted by atomic mass is 9.48. The number of allylic oxidation sites excluding steroid dienone is 1. The van der Waals surface area contributed by atoms with Gasteiger partial charge in [0.2, 0.25) is 5.91 Å². The van der Waals surface area contributed by atoms with Crippen molar-refractivity contribution < 1.29 is 33.7 Å². The average Bonchev–Trinajstić information content (AvgIpc) is 3.36. The Kier molecular flexibility index (Phi) is 7.19. The summed E-state index contributed by atoms with van der Waals surface area (Å²) in [5.41, 5.74) is -2.97. The second kappa shape index (κ2) is 10.1. The van der Waals surface area contributed by atoms with Gasteiger partial charge in [0, 0.05) is 48.9 Å². The molecular weight excluding hydrogens is 530 g/mol. The molecule has 3 fully saturated rings. The number of carbonyl (C=O) groups excluding carboxylic acids is 3. The molecular formula is C31H37NO7S. The first kappa shape index (κ1) is 28.5. The third kappa shape index (κ3) is 4.38. The predicted octanol–water partition coefficient (Wildman–Crippen LogP) is 3.46. The summed E-state index contributed by atoms with van der Waals surface area (Å²) < 4.78 is 18.3. The molecule has 1 aromatic carbocycles. The molecule has 0 unspecified atom stereocenters. The number of aliphatic hydroxyl groups is 1. The molecule has 2 aliphatic heterocycles. The summed E-state index contributed by atoms with van der Waals surface area (Å²) in [5, 5.41) is 14.4. The molecule has 10 atom stereocenters. The highest BCUT2D eigenvalue weighted by molar-refractivity contribution is 7.79. The zero-order valence-corrected chi connectivity index (χ0v) is 24.3. The SMILES string of the molecule is CC(=O)O[C@@H]1/C=C/[C@@](C)(O)C(=O)[C@@H](C)C/C=C/[C@H]2[C@@H]3OC(=S)O[C@]3(C)[C@@H](C)[C@H]3[C@H](Cc4ccccc4)NC(=O)[C@@]312. The van der Waals surface area contributed by atoms with Crippen LogP contribution in [0.5, 0.6) is 0 Å². The third-order valence-electron chi connectivity index (χ3n) is 9.54. The number of ether oxygens (including phenoxy) is 3. The Balaban J connectivity index is 1.76. The van der Waals surface area contributed by atoms with Crippen molar-refractivity contribution in [1.29, 1.82) is 0 Å². The molecule has 1 spiro atoms. The first-order chi connectivity index (χ1) is 18.8. The van der Waals surface area contributed by atoms with E-state index in [0.717, 1.165) is 5.56 Å². The van der Waals surface area contributed by atoms with Crippen molar-refractivity contribution in [2.24, 2.45) is 29.1 Å². The van der Waals surface area contributed by atoms with Crippen molar-refractivity contribution in [3.8, 4) is 0 Å². The van der Waals surface area contributed by atoms with Gasteiger partial charge in [-0.25, -0.2) is 0 Å². The normalized spacial score (nSPS) is 44.0. The Hall–Kier alpha value is -3.04. The monoisotopic (exact) mass is 567 g/mol. The molecule has 5 rings (SSSR count). The first-order valence-corrected chi connectivity index (χ1v) is 14.3. The number of nitrogens with one attached hydrogen (secondary N) is 1. The van der Waals surface area contributed by atoms with E-state index in [1.54, 1.807) is 6.92 Å². The fraction of sp³-hybridized carbons (Fsp3) is 0.548. The standard InChI is InChI=1S/C31H37NO7S/c1-17-10-9-13-21-26-30(5,39-28(40)38-26)18(2)24-22(16-20-11-7-6-8-12-20)32-27(35)31(21,24)23(37-19(3)33)14-15-29(4,36)25(17)34/h6-9,11-15,17-18,21-24,26,36H,10,16H2,1-5H3,(H,32,35)/b13-9+,15-14+/t17-,18-,21-,22-,23+,24-,26-,29+,30+,31+/m0/s1. The molecule has 1 aromatic rings. The zero-order chi connectivity index (χ0) is 29.0. The molecule has 0 bridgehead atoms. The lowest BCUT2D eigenvalue weighted by Gasteiger charge is -2.55. The van der Waals surface area contributed by atoms with Crippen molar-refractivity contribution in [2.75, 3.05) is 0 Å². The highest BCUT2D eigenvalue weighted by Crippen LogP contribution is 2.62. The zero-order valence-electron chi connectivity index (χ0n) is 23.5. The van der Waals surface area contributed by atoms with E-state index in [1.165, 1.54) is 26.0 Å². The van der Waals surface area contributed by atoms with Crippen molar-refractivity contribution in [3.05, 3.63) is 60.2 Å². The van der Waals surface area contributed by atoms with Gasteiger partial charge in [0.25, 0.3) is 0 Å². The number of benzene rings is 1. The third-order valence-corrected chi connectivity index (χ3v) is 9.72. The molecule has 0 radical (unpaired) electrons. The number of amides is 1. The van der Waals surface area contributed by atoms with Crippen molar-refractivity contribution in [2.45, 2.75) is 76.9 Å². The van der Waals surface area contributed by atoms with E-state index < -0.39 is 52.5 Å². The summed E-state index contributed by atoms with van der Waals surface area (Å²) in [6.45, 7) is 8.44. The summed E-state index contributed by atoms with van der Waals surface area (Å²) in [6.07, 6.45) is 5.77. The van der Waals surface area contributed by atoms with Gasteiger partial charge < -0.3 is 24.6 Å². The van der Waals surface area contributed by atoms with Crippen LogP contribution in [0.25, 0.3) is 0 Å². The van der Waals surface area contributed by atoms with Crippen LogP contribution in [0, 0.1) is 29.1 Å². The molecule has 0 aromatic heterocycles. The Morgan fingerprint density at radius 3 is 2.55 bits per heavy atom. The van der Waals surface area contributed by atoms with E-state index in [1.807, 2.05) is 56.3 Å². The molecule has 4 aliphatic rings. The van der Waals surface area contributed by atoms with Crippen LogP contribution < -0.4 is 5.32 Å². The van der Waals surface area contributed by atoms with Gasteiger partial charge in [-0.05, 0) is 44.4 Å². The highest BCUT2D eigenvalue weighted by Gasteiger charge is 2.75. The van der Waals surface area contributed by atoms with Gasteiger partial charge in [0.05, 0.1) is 0 Å². The van der Waals surface area contributed by atoms with E-state index >= 15 is 0 Å². The van der Waals surface area contributed by atoms with Crippen LogP contribution >= 0.6 is 12.2 Å². The molecule has 8 nitrogen and oxygen atoms in total. The molecule has 2 saturated heterocycles. The van der Waals surface area contributed by atoms with Crippen LogP contribution in [0.4, 0.5) is 0 Å². The second-order valence-corrected chi connectivity index (χ2v) is 12.4. The van der Waals surface area contributed by atoms with E-state index in [4.69, 9.17) is 26.4 Å². The number of ketones is 1. The maximum absolute atomic E-state index is 14.5. The fourth-order valence-corrected chi connectivity index (χ4v) is 7.84. The smallest absolute Gasteiger partial charge is 0.353 e. The van der Waals surface area contributed by atoms with Gasteiger partial charge in [-0.2, -0.15) is 0 Å². The van der Waals surface area contributed by atoms with Crippen LogP contribution in [0.2, 0.25) is 0 Å². The minimum Gasteiger partial charge on any atom is -0.457 e. The molecule has 2 heterocycles. The Morgan fingerprint density at radius 2 is 1.88 bits per heavy atom. The van der Waals surface area contributed by atoms with Gasteiger partial charge in [-0.3, -0.25) is 14.4 Å². The molecule has 214 valence electrons. The summed E-state index contributed by atoms with van der Waals surface area (Å²) in [4.78, 5) is 40.2. The number of hydrogen-bond donors (Lipinski definition) is 2. The number of Topliss-reactive ketones (excluding diaryl/α,β-unsaturated/α-hetero) is 1. The number of hydrogen-bond acceptors (Lipinski definition) is 8. The molecule has 40 heavy (non-hydrogen) atoms. The Morgan fingerprint density at radius 1 is 1.18 bits per heavy atom. The lowest BCUT2D eigenvalue weighted by molar-refractivity contribution is -0.186. The van der Waals surface area contributed by atoms with E-state index in [-0.39, 0.29) is 28.9 Å². The summed E-state index contributed by atoms with van der Waals surface area (Å²) in [5.74, 6) is -3.02. The van der Waals surface area contributed by atoms with Crippen LogP contribution in [0.3, 0.4) is 0 Å². The van der Waals surface area contributed by atoms with Gasteiger partial charge in [0.15, 0.2) is 11.4 Å². The maximum atomic E-state index is 14.5. The van der Waals surface area contributed by atoms with Crippen molar-refractivity contribution >= 4 is 35.1 Å². The average molecular weight is 568 g/mol. The predicted molar refractivity (Wildman–Crippen MR) is 151 cm³/mol. The molecule has 9 heteroatoms. The van der Waals surface area contributed by atoms with Crippen LogP contribution in [0.15, 0.2) is 54.6 Å². The topological polar surface area (TPSA) is 111 Å². The lowest BCUT2D eigenvalue weighted by Crippen LogP contribution is -2.67. The van der Waals surface area contributed by atoms with Gasteiger partial charge in [-0.1, -0.05) is 56.3 Å². The summed E-state index contributed by atoms with van der Waals surface area (Å²) in [6, 6.07) is 9.56. The molecule has 2 N–H and O–H groups in total. The second-order valence-electron chi connectivity index (χ2n) is 12.1. The van der Waals surface area contributed by atoms with Gasteiger partial charge in [-0.15, -0.1) is 0 Å². The highest BCUT2D eigenvalue weighted by atomic mass is 32.1. The molecule has 2 aliphatic carbocycles.